The highest BCUT2D eigenvalue weighted by Crippen LogP contribution is 2.51. The number of urea groups is 1. The van der Waals surface area contributed by atoms with E-state index in [1.807, 2.05) is 38.2 Å². The van der Waals surface area contributed by atoms with Gasteiger partial charge >= 0.3 is 6.03 Å². The van der Waals surface area contributed by atoms with E-state index in [2.05, 4.69) is 39.9 Å². The average molecular weight is 455 g/mol. The Morgan fingerprint density at radius 3 is 2.76 bits per heavy atom. The molecule has 1 saturated heterocycles. The highest BCUT2D eigenvalue weighted by Gasteiger charge is 2.43. The maximum atomic E-state index is 14.9. The molecule has 0 aliphatic carbocycles. The van der Waals surface area contributed by atoms with Crippen LogP contribution in [0.1, 0.15) is 48.6 Å². The highest BCUT2D eigenvalue weighted by atomic mass is 19.1. The molecule has 2 aliphatic rings. The van der Waals surface area contributed by atoms with Gasteiger partial charge in [0.1, 0.15) is 5.82 Å². The molecule has 4 atom stereocenters. The van der Waals surface area contributed by atoms with E-state index in [9.17, 15) is 9.18 Å². The third kappa shape index (κ3) is 5.47. The molecular formula is C26H35FN4O2. The molecule has 3 N–H and O–H groups in total. The summed E-state index contributed by atoms with van der Waals surface area (Å²) in [4.78, 5) is 14.3. The number of halogens is 1. The van der Waals surface area contributed by atoms with E-state index < -0.39 is 0 Å². The second kappa shape index (κ2) is 10.5. The first kappa shape index (κ1) is 23.5. The van der Waals surface area contributed by atoms with Crippen molar-refractivity contribution in [1.29, 1.82) is 0 Å². The average Bonchev–Trinajstić information content (AvgIpc) is 2.82. The predicted octanol–water partition coefficient (Wildman–Crippen LogP) is 4.39. The van der Waals surface area contributed by atoms with Crippen LogP contribution >= 0.6 is 0 Å². The zero-order valence-corrected chi connectivity index (χ0v) is 19.7. The van der Waals surface area contributed by atoms with Gasteiger partial charge in [-0.15, -0.1) is 0 Å². The number of fused-ring (bicyclic) bond motifs is 3. The molecule has 2 aromatic rings. The summed E-state index contributed by atoms with van der Waals surface area (Å²) in [5.74, 6) is -0.0552. The molecular weight excluding hydrogens is 419 g/mol. The normalized spacial score (nSPS) is 23.9. The fourth-order valence-corrected chi connectivity index (χ4v) is 4.89. The van der Waals surface area contributed by atoms with Gasteiger partial charge in [0.25, 0.3) is 0 Å². The zero-order valence-electron chi connectivity index (χ0n) is 19.7. The van der Waals surface area contributed by atoms with Gasteiger partial charge in [-0.3, -0.25) is 0 Å². The summed E-state index contributed by atoms with van der Waals surface area (Å²) in [6, 6.07) is 13.6. The molecule has 0 spiro atoms. The number of amides is 2. The van der Waals surface area contributed by atoms with Crippen molar-refractivity contribution in [2.75, 3.05) is 38.5 Å². The molecule has 33 heavy (non-hydrogen) atoms. The number of hydrogen-bond donors (Lipinski definition) is 3. The minimum Gasteiger partial charge on any atom is -0.375 e. The SMILES string of the molecule is CCN(C)CCNC(=O)NC[C@H]1CC[C@@H]2[C@H](O1)c1cc(C)cc(F)c1N[C@H]2c1ccccc1. The summed E-state index contributed by atoms with van der Waals surface area (Å²) >= 11 is 0. The highest BCUT2D eigenvalue weighted by molar-refractivity contribution is 5.73. The molecule has 1 fully saturated rings. The minimum atomic E-state index is -0.246. The van der Waals surface area contributed by atoms with Crippen molar-refractivity contribution in [3.05, 3.63) is 65.0 Å². The molecule has 0 unspecified atom stereocenters. The van der Waals surface area contributed by atoms with Gasteiger partial charge in [-0.05, 0) is 50.6 Å². The largest absolute Gasteiger partial charge is 0.375 e. The van der Waals surface area contributed by atoms with E-state index in [4.69, 9.17) is 4.74 Å². The molecule has 7 heteroatoms. The first-order valence-corrected chi connectivity index (χ1v) is 11.9. The number of likely N-dealkylation sites (N-methyl/N-ethyl adjacent to an activating group) is 1. The summed E-state index contributed by atoms with van der Waals surface area (Å²) in [5, 5.41) is 9.31. The molecule has 4 rings (SSSR count). The van der Waals surface area contributed by atoms with Gasteiger partial charge in [0.05, 0.1) is 23.9 Å². The van der Waals surface area contributed by atoms with Crippen molar-refractivity contribution >= 4 is 11.7 Å². The fraction of sp³-hybridized carbons (Fsp3) is 0.500. The molecule has 178 valence electrons. The zero-order chi connectivity index (χ0) is 23.4. The maximum absolute atomic E-state index is 14.9. The Hall–Kier alpha value is -2.64. The molecule has 2 aromatic carbocycles. The predicted molar refractivity (Wildman–Crippen MR) is 129 cm³/mol. The van der Waals surface area contributed by atoms with E-state index in [-0.39, 0.29) is 36.0 Å². The molecule has 2 amide bonds. The number of hydrogen-bond acceptors (Lipinski definition) is 4. The summed E-state index contributed by atoms with van der Waals surface area (Å²) in [6.07, 6.45) is 1.44. The van der Waals surface area contributed by atoms with Crippen LogP contribution in [0, 0.1) is 18.7 Å². The van der Waals surface area contributed by atoms with Crippen LogP contribution in [0.3, 0.4) is 0 Å². The van der Waals surface area contributed by atoms with Crippen molar-refractivity contribution in [2.24, 2.45) is 5.92 Å². The second-order valence-electron chi connectivity index (χ2n) is 9.20. The Balaban J connectivity index is 1.45. The number of anilines is 1. The van der Waals surface area contributed by atoms with E-state index >= 15 is 0 Å². The molecule has 0 bridgehead atoms. The van der Waals surface area contributed by atoms with Gasteiger partial charge in [0.15, 0.2) is 0 Å². The lowest BCUT2D eigenvalue weighted by molar-refractivity contribution is -0.0908. The van der Waals surface area contributed by atoms with E-state index in [0.29, 0.717) is 18.8 Å². The molecule has 0 aromatic heterocycles. The molecule has 2 heterocycles. The molecule has 6 nitrogen and oxygen atoms in total. The maximum Gasteiger partial charge on any atom is 0.314 e. The van der Waals surface area contributed by atoms with Gasteiger partial charge in [0.2, 0.25) is 0 Å². The topological polar surface area (TPSA) is 65.6 Å². The van der Waals surface area contributed by atoms with Gasteiger partial charge in [-0.1, -0.05) is 43.3 Å². The lowest BCUT2D eigenvalue weighted by atomic mass is 9.76. The van der Waals surface area contributed by atoms with Crippen molar-refractivity contribution in [1.82, 2.24) is 15.5 Å². The van der Waals surface area contributed by atoms with Crippen LogP contribution in [0.2, 0.25) is 0 Å². The Labute approximate surface area is 195 Å². The Kier molecular flexibility index (Phi) is 7.50. The number of carbonyl (C=O) groups is 1. The van der Waals surface area contributed by atoms with E-state index in [0.717, 1.165) is 42.6 Å². The number of aryl methyl sites for hydroxylation is 1. The lowest BCUT2D eigenvalue weighted by Gasteiger charge is -2.46. The van der Waals surface area contributed by atoms with Crippen molar-refractivity contribution in [2.45, 2.75) is 44.9 Å². The summed E-state index contributed by atoms with van der Waals surface area (Å²) in [5.41, 5.74) is 3.42. The van der Waals surface area contributed by atoms with Gasteiger partial charge in [-0.2, -0.15) is 0 Å². The Morgan fingerprint density at radius 2 is 2.00 bits per heavy atom. The minimum absolute atomic E-state index is 0.0198. The summed E-state index contributed by atoms with van der Waals surface area (Å²) in [6.45, 7) is 6.78. The lowest BCUT2D eigenvalue weighted by Crippen LogP contribution is -2.46. The number of nitrogens with zero attached hydrogens (tertiary/aromatic N) is 1. The van der Waals surface area contributed by atoms with Crippen LogP contribution in [-0.4, -0.2) is 50.3 Å². The van der Waals surface area contributed by atoms with Gasteiger partial charge in [0, 0.05) is 31.1 Å². The summed E-state index contributed by atoms with van der Waals surface area (Å²) < 4.78 is 21.5. The van der Waals surface area contributed by atoms with Crippen LogP contribution in [0.15, 0.2) is 42.5 Å². The smallest absolute Gasteiger partial charge is 0.314 e. The summed E-state index contributed by atoms with van der Waals surface area (Å²) in [7, 11) is 2.02. The third-order valence-corrected chi connectivity index (χ3v) is 6.82. The monoisotopic (exact) mass is 454 g/mol. The second-order valence-corrected chi connectivity index (χ2v) is 9.20. The van der Waals surface area contributed by atoms with Crippen LogP contribution in [-0.2, 0) is 4.74 Å². The van der Waals surface area contributed by atoms with Gasteiger partial charge in [-0.25, -0.2) is 9.18 Å². The Bertz CT molecular complexity index is 955. The van der Waals surface area contributed by atoms with Crippen LogP contribution in [0.25, 0.3) is 0 Å². The standard InChI is InChI=1S/C26H35FN4O2/c1-4-31(3)13-12-28-26(32)29-16-19-10-11-20-23(18-8-6-5-7-9-18)30-24-21(25(20)33-19)14-17(2)15-22(24)27/h5-9,14-15,19-20,23,25,30H,4,10-13,16H2,1-3H3,(H2,28,29,32)/t19-,20+,23+,25+/m1/s1. The van der Waals surface area contributed by atoms with E-state index in [1.165, 1.54) is 0 Å². The Morgan fingerprint density at radius 1 is 1.21 bits per heavy atom. The third-order valence-electron chi connectivity index (χ3n) is 6.82. The first-order valence-electron chi connectivity index (χ1n) is 11.9. The number of benzene rings is 2. The van der Waals surface area contributed by atoms with Crippen LogP contribution in [0.4, 0.5) is 14.9 Å². The van der Waals surface area contributed by atoms with Crippen molar-refractivity contribution in [3.8, 4) is 0 Å². The quantitative estimate of drug-likeness (QED) is 0.581. The number of rotatable bonds is 7. The number of carbonyl (C=O) groups excluding carboxylic acids is 1. The van der Waals surface area contributed by atoms with E-state index in [1.54, 1.807) is 6.07 Å². The van der Waals surface area contributed by atoms with Crippen LogP contribution in [0.5, 0.6) is 0 Å². The van der Waals surface area contributed by atoms with Crippen LogP contribution < -0.4 is 16.0 Å². The fourth-order valence-electron chi connectivity index (χ4n) is 4.89. The molecule has 0 radical (unpaired) electrons. The number of ether oxygens (including phenoxy) is 1. The first-order chi connectivity index (χ1) is 16.0. The van der Waals surface area contributed by atoms with Crippen molar-refractivity contribution < 1.29 is 13.9 Å². The van der Waals surface area contributed by atoms with Gasteiger partial charge < -0.3 is 25.6 Å². The van der Waals surface area contributed by atoms with Crippen molar-refractivity contribution in [3.63, 3.8) is 0 Å². The molecule has 2 aliphatic heterocycles. The number of nitrogens with one attached hydrogen (secondary N) is 3. The molecule has 0 saturated carbocycles.